The minimum atomic E-state index is -0.379. The summed E-state index contributed by atoms with van der Waals surface area (Å²) in [6.45, 7) is 0. The molecule has 1 saturated carbocycles. The lowest BCUT2D eigenvalue weighted by Crippen LogP contribution is -2.43. The molecule has 2 aromatic heterocycles. The first-order valence-corrected chi connectivity index (χ1v) is 8.06. The molecule has 0 aliphatic heterocycles. The fraction of sp³-hybridized carbons (Fsp3) is 0.471. The Morgan fingerprint density at radius 2 is 2.08 bits per heavy atom. The van der Waals surface area contributed by atoms with E-state index in [0.29, 0.717) is 12.2 Å². The first kappa shape index (κ1) is 16.3. The number of esters is 1. The van der Waals surface area contributed by atoms with Crippen LogP contribution in [-0.2, 0) is 9.53 Å². The summed E-state index contributed by atoms with van der Waals surface area (Å²) >= 11 is 0. The zero-order valence-electron chi connectivity index (χ0n) is 13.5. The van der Waals surface area contributed by atoms with Crippen LogP contribution in [0.15, 0.2) is 33.6 Å². The number of amides is 1. The molecule has 0 spiro atoms. The number of rotatable bonds is 4. The average molecular weight is 332 g/mol. The van der Waals surface area contributed by atoms with Gasteiger partial charge in [-0.15, -0.1) is 0 Å². The minimum absolute atomic E-state index is 0.151. The van der Waals surface area contributed by atoms with Gasteiger partial charge in [0.1, 0.15) is 0 Å². The van der Waals surface area contributed by atoms with Gasteiger partial charge in [-0.05, 0) is 25.0 Å². The molecule has 2 aromatic rings. The van der Waals surface area contributed by atoms with Gasteiger partial charge in [-0.2, -0.15) is 0 Å². The number of nitrogens with zero attached hydrogens (tertiary/aromatic N) is 1. The highest BCUT2D eigenvalue weighted by Gasteiger charge is 2.33. The van der Waals surface area contributed by atoms with E-state index in [4.69, 9.17) is 13.6 Å². The van der Waals surface area contributed by atoms with Crippen molar-refractivity contribution in [3.8, 4) is 11.5 Å². The Kier molecular flexibility index (Phi) is 4.98. The molecule has 1 fully saturated rings. The number of nitrogens with one attached hydrogen (secondary N) is 1. The van der Waals surface area contributed by atoms with Gasteiger partial charge in [0, 0.05) is 6.04 Å². The van der Waals surface area contributed by atoms with E-state index in [9.17, 15) is 9.59 Å². The summed E-state index contributed by atoms with van der Waals surface area (Å²) in [5, 5.41) is 2.92. The molecular formula is C17H20N2O5. The third-order valence-corrected chi connectivity index (χ3v) is 4.36. The zero-order valence-corrected chi connectivity index (χ0v) is 13.5. The van der Waals surface area contributed by atoms with Crippen LogP contribution in [0, 0.1) is 5.92 Å². The van der Waals surface area contributed by atoms with Crippen molar-refractivity contribution in [2.24, 2.45) is 5.92 Å². The monoisotopic (exact) mass is 332 g/mol. The highest BCUT2D eigenvalue weighted by Crippen LogP contribution is 2.27. The molecular weight excluding hydrogens is 312 g/mol. The topological polar surface area (TPSA) is 94.6 Å². The van der Waals surface area contributed by atoms with Gasteiger partial charge in [-0.3, -0.25) is 9.59 Å². The first-order valence-electron chi connectivity index (χ1n) is 8.06. The maximum absolute atomic E-state index is 12.6. The Morgan fingerprint density at radius 1 is 1.25 bits per heavy atom. The van der Waals surface area contributed by atoms with E-state index in [1.165, 1.54) is 19.8 Å². The summed E-state index contributed by atoms with van der Waals surface area (Å²) < 4.78 is 15.4. The second-order valence-corrected chi connectivity index (χ2v) is 5.86. The predicted octanol–water partition coefficient (Wildman–Crippen LogP) is 2.79. The molecule has 24 heavy (non-hydrogen) atoms. The summed E-state index contributed by atoms with van der Waals surface area (Å²) in [6, 6.07) is 3.13. The summed E-state index contributed by atoms with van der Waals surface area (Å²) in [4.78, 5) is 28.7. The zero-order chi connectivity index (χ0) is 16.9. The van der Waals surface area contributed by atoms with Crippen LogP contribution in [0.25, 0.3) is 11.5 Å². The van der Waals surface area contributed by atoms with Crippen LogP contribution in [0.4, 0.5) is 0 Å². The predicted molar refractivity (Wildman–Crippen MR) is 84.1 cm³/mol. The van der Waals surface area contributed by atoms with E-state index in [1.54, 1.807) is 12.1 Å². The molecule has 0 bridgehead atoms. The SMILES string of the molecule is COC(=O)C1CCCCCC1NC(=O)c1ncoc1-c1ccco1. The van der Waals surface area contributed by atoms with E-state index >= 15 is 0 Å². The lowest BCUT2D eigenvalue weighted by atomic mass is 9.94. The van der Waals surface area contributed by atoms with E-state index in [0.717, 1.165) is 25.7 Å². The van der Waals surface area contributed by atoms with Crippen LogP contribution < -0.4 is 5.32 Å². The van der Waals surface area contributed by atoms with Gasteiger partial charge in [0.2, 0.25) is 5.76 Å². The van der Waals surface area contributed by atoms with E-state index in [1.807, 2.05) is 0 Å². The molecule has 1 N–H and O–H groups in total. The number of aromatic nitrogens is 1. The average Bonchev–Trinajstić information content (AvgIpc) is 3.23. The van der Waals surface area contributed by atoms with Crippen molar-refractivity contribution in [1.82, 2.24) is 10.3 Å². The van der Waals surface area contributed by atoms with Crippen molar-refractivity contribution in [1.29, 1.82) is 0 Å². The third-order valence-electron chi connectivity index (χ3n) is 4.36. The standard InChI is InChI=1S/C17H20N2O5/c1-22-17(21)11-6-3-2-4-7-12(11)19-16(20)14-15(24-10-18-14)13-8-5-9-23-13/h5,8-12H,2-4,6-7H2,1H3,(H,19,20). The molecule has 7 nitrogen and oxygen atoms in total. The maximum atomic E-state index is 12.6. The molecule has 0 radical (unpaired) electrons. The minimum Gasteiger partial charge on any atom is -0.469 e. The van der Waals surface area contributed by atoms with Gasteiger partial charge in [-0.25, -0.2) is 4.98 Å². The van der Waals surface area contributed by atoms with E-state index < -0.39 is 0 Å². The number of methoxy groups -OCH3 is 1. The van der Waals surface area contributed by atoms with Crippen molar-refractivity contribution in [3.63, 3.8) is 0 Å². The summed E-state index contributed by atoms with van der Waals surface area (Å²) in [5.41, 5.74) is 0.151. The quantitative estimate of drug-likeness (QED) is 0.683. The van der Waals surface area contributed by atoms with Crippen LogP contribution in [0.5, 0.6) is 0 Å². The van der Waals surface area contributed by atoms with E-state index in [2.05, 4.69) is 10.3 Å². The molecule has 3 rings (SSSR count). The van der Waals surface area contributed by atoms with Crippen LogP contribution in [0.2, 0.25) is 0 Å². The number of oxazole rings is 1. The fourth-order valence-corrected chi connectivity index (χ4v) is 3.14. The number of furan rings is 1. The molecule has 2 heterocycles. The lowest BCUT2D eigenvalue weighted by molar-refractivity contribution is -0.146. The van der Waals surface area contributed by atoms with Crippen molar-refractivity contribution < 1.29 is 23.2 Å². The van der Waals surface area contributed by atoms with Gasteiger partial charge in [0.15, 0.2) is 17.8 Å². The second-order valence-electron chi connectivity index (χ2n) is 5.86. The van der Waals surface area contributed by atoms with Crippen molar-refractivity contribution in [3.05, 3.63) is 30.5 Å². The van der Waals surface area contributed by atoms with Crippen LogP contribution >= 0.6 is 0 Å². The van der Waals surface area contributed by atoms with Gasteiger partial charge in [-0.1, -0.05) is 19.3 Å². The molecule has 128 valence electrons. The molecule has 1 aliphatic rings. The highest BCUT2D eigenvalue weighted by atomic mass is 16.5. The Morgan fingerprint density at radius 3 is 2.83 bits per heavy atom. The number of hydrogen-bond donors (Lipinski definition) is 1. The van der Waals surface area contributed by atoms with Crippen LogP contribution in [0.3, 0.4) is 0 Å². The van der Waals surface area contributed by atoms with Gasteiger partial charge >= 0.3 is 5.97 Å². The smallest absolute Gasteiger partial charge is 0.310 e. The largest absolute Gasteiger partial charge is 0.469 e. The molecule has 0 saturated heterocycles. The number of hydrogen-bond acceptors (Lipinski definition) is 6. The molecule has 2 unspecified atom stereocenters. The molecule has 2 atom stereocenters. The van der Waals surface area contributed by atoms with Crippen molar-refractivity contribution in [2.45, 2.75) is 38.1 Å². The molecule has 7 heteroatoms. The third kappa shape index (κ3) is 3.34. The Bertz CT molecular complexity index is 692. The van der Waals surface area contributed by atoms with Gasteiger partial charge in [0.05, 0.1) is 19.3 Å². The van der Waals surface area contributed by atoms with Crippen molar-refractivity contribution >= 4 is 11.9 Å². The second kappa shape index (κ2) is 7.33. The highest BCUT2D eigenvalue weighted by molar-refractivity contribution is 5.97. The normalized spacial score (nSPS) is 21.0. The lowest BCUT2D eigenvalue weighted by Gasteiger charge is -2.23. The Balaban J connectivity index is 1.78. The van der Waals surface area contributed by atoms with Crippen molar-refractivity contribution in [2.75, 3.05) is 7.11 Å². The number of carbonyl (C=O) groups is 2. The van der Waals surface area contributed by atoms with Crippen LogP contribution in [0.1, 0.15) is 42.6 Å². The van der Waals surface area contributed by atoms with E-state index in [-0.39, 0.29) is 35.3 Å². The molecule has 0 aromatic carbocycles. The van der Waals surface area contributed by atoms with Crippen LogP contribution in [-0.4, -0.2) is 30.0 Å². The summed E-state index contributed by atoms with van der Waals surface area (Å²) in [6.07, 6.45) is 7.11. The first-order chi connectivity index (χ1) is 11.7. The number of ether oxygens (including phenoxy) is 1. The van der Waals surface area contributed by atoms with Gasteiger partial charge < -0.3 is 18.9 Å². The summed E-state index contributed by atoms with van der Waals surface area (Å²) in [5.74, 6) is -0.284. The maximum Gasteiger partial charge on any atom is 0.310 e. The molecule has 1 amide bonds. The summed E-state index contributed by atoms with van der Waals surface area (Å²) in [7, 11) is 1.37. The fourth-order valence-electron chi connectivity index (χ4n) is 3.14. The molecule has 1 aliphatic carbocycles. The number of carbonyl (C=O) groups excluding carboxylic acids is 2. The Hall–Kier alpha value is -2.57. The van der Waals surface area contributed by atoms with Gasteiger partial charge in [0.25, 0.3) is 5.91 Å². The Labute approximate surface area is 139 Å².